The molecule has 0 nitrogen and oxygen atoms in total. The molecule has 0 atom stereocenters. The second kappa shape index (κ2) is 9.78. The number of benzene rings is 3. The monoisotopic (exact) mass is 526 g/mol. The first kappa shape index (κ1) is 18.9. The van der Waals surface area contributed by atoms with E-state index in [2.05, 4.69) is 91.0 Å². The molecule has 0 aromatic heterocycles. The van der Waals surface area contributed by atoms with E-state index in [0.29, 0.717) is 0 Å². The smallest absolute Gasteiger partial charge is 0.0134 e. The average molecular weight is 527 g/mol. The predicted octanol–water partition coefficient (Wildman–Crippen LogP) is 3.33. The van der Waals surface area contributed by atoms with Gasteiger partial charge < -0.3 is 0 Å². The fourth-order valence-corrected chi connectivity index (χ4v) is 4.48. The minimum atomic E-state index is -0.446. The van der Waals surface area contributed by atoms with Crippen LogP contribution in [0.3, 0.4) is 0 Å². The maximum atomic E-state index is 2.23. The van der Waals surface area contributed by atoms with Crippen LogP contribution in [0.2, 0.25) is 0 Å². The predicted molar refractivity (Wildman–Crippen MR) is 95.2 cm³/mol. The van der Waals surface area contributed by atoms with Gasteiger partial charge in [-0.15, -0.1) is 12.4 Å². The van der Waals surface area contributed by atoms with Gasteiger partial charge in [0.15, 0.2) is 0 Å². The molecule has 0 spiro atoms. The molecule has 3 aromatic carbocycles. The number of hydrogen-bond acceptors (Lipinski definition) is 0. The van der Waals surface area contributed by atoms with E-state index in [4.69, 9.17) is 0 Å². The van der Waals surface area contributed by atoms with Crippen molar-refractivity contribution in [2.75, 3.05) is 0 Å². The van der Waals surface area contributed by atoms with E-state index in [1.165, 1.54) is 15.9 Å². The molecule has 3 aromatic rings. The summed E-state index contributed by atoms with van der Waals surface area (Å²) < 4.78 is 0. The molecule has 0 aliphatic heterocycles. The zero-order valence-electron chi connectivity index (χ0n) is 11.0. The first-order chi connectivity index (χ1) is 9.45. The summed E-state index contributed by atoms with van der Waals surface area (Å²) in [5.41, 5.74) is 0. The summed E-state index contributed by atoms with van der Waals surface area (Å²) in [7, 11) is -0.446. The van der Waals surface area contributed by atoms with E-state index in [1.54, 1.807) is 0 Å². The Balaban J connectivity index is 0.00000110. The quantitative estimate of drug-likeness (QED) is 0.460. The summed E-state index contributed by atoms with van der Waals surface area (Å²) >= 11 is 0. The van der Waals surface area contributed by atoms with Crippen LogP contribution in [0.25, 0.3) is 0 Å². The van der Waals surface area contributed by atoms with Gasteiger partial charge in [-0.05, 0) is 23.8 Å². The van der Waals surface area contributed by atoms with Crippen molar-refractivity contribution >= 4 is 36.2 Å². The third-order valence-electron chi connectivity index (χ3n) is 3.04. The molecule has 0 aliphatic rings. The van der Waals surface area contributed by atoms with Crippen molar-refractivity contribution in [2.24, 2.45) is 0 Å². The SMILES string of the molecule is Cl.[RaH2].c1ccc(P(c2ccccc2)c2ccccc2)cc1. The van der Waals surface area contributed by atoms with Crippen LogP contribution in [0.4, 0.5) is 0 Å². The minimum absolute atomic E-state index is 0. The van der Waals surface area contributed by atoms with Gasteiger partial charge in [0.05, 0.1) is 0 Å². The Morgan fingerprint density at radius 2 is 0.667 bits per heavy atom. The van der Waals surface area contributed by atoms with Crippen molar-refractivity contribution in [1.29, 1.82) is 0 Å². The average Bonchev–Trinajstić information content (AvgIpc) is 2.51. The first-order valence-electron chi connectivity index (χ1n) is 6.40. The van der Waals surface area contributed by atoms with E-state index in [0.717, 1.165) is 0 Å². The third kappa shape index (κ3) is 4.92. The summed E-state index contributed by atoms with van der Waals surface area (Å²) in [4.78, 5) is 0. The molecular formula is C18H18ClPRa. The van der Waals surface area contributed by atoms with Gasteiger partial charge in [-0.1, -0.05) is 91.0 Å². The van der Waals surface area contributed by atoms with Crippen molar-refractivity contribution in [1.82, 2.24) is 0 Å². The van der Waals surface area contributed by atoms with E-state index in [1.807, 2.05) is 0 Å². The summed E-state index contributed by atoms with van der Waals surface area (Å²) in [6, 6.07) is 32.3. The zero-order valence-corrected chi connectivity index (χ0v) is 12.7. The van der Waals surface area contributed by atoms with Gasteiger partial charge in [-0.25, -0.2) is 0 Å². The first-order valence-corrected chi connectivity index (χ1v) is 7.74. The minimum Gasteiger partial charge on any atom is -0.0622 e. The van der Waals surface area contributed by atoms with E-state index < -0.39 is 7.92 Å². The van der Waals surface area contributed by atoms with Crippen LogP contribution in [0.5, 0.6) is 0 Å². The fourth-order valence-electron chi connectivity index (χ4n) is 2.18. The maximum absolute atomic E-state index is 2.23. The van der Waals surface area contributed by atoms with E-state index in [9.17, 15) is 0 Å². The van der Waals surface area contributed by atoms with Crippen LogP contribution in [-0.2, 0) is 0 Å². The second-order valence-corrected chi connectivity index (χ2v) is 6.56. The molecule has 0 N–H and O–H groups in total. The fraction of sp³-hybridized carbons (Fsp3) is 0. The molecule has 0 bridgehead atoms. The molecule has 104 valence electrons. The van der Waals surface area contributed by atoms with Gasteiger partial charge in [0.25, 0.3) is 0 Å². The van der Waals surface area contributed by atoms with E-state index >= 15 is 0 Å². The van der Waals surface area contributed by atoms with Gasteiger partial charge in [0, 0.05) is 0 Å². The van der Waals surface area contributed by atoms with Crippen LogP contribution in [0, 0.1) is 45.0 Å². The summed E-state index contributed by atoms with van der Waals surface area (Å²) in [5.74, 6) is 0. The Morgan fingerprint density at radius 1 is 0.429 bits per heavy atom. The summed E-state index contributed by atoms with van der Waals surface area (Å²) in [5, 5.41) is 4.19. The van der Waals surface area contributed by atoms with Crippen LogP contribution < -0.4 is 15.9 Å². The molecule has 0 amide bonds. The van der Waals surface area contributed by atoms with Crippen LogP contribution in [0.15, 0.2) is 91.0 Å². The Morgan fingerprint density at radius 3 is 0.905 bits per heavy atom. The van der Waals surface area contributed by atoms with Gasteiger partial charge >= 0.3 is 45.0 Å². The number of hydrogen-bond donors (Lipinski definition) is 0. The molecule has 0 saturated carbocycles. The molecule has 3 heteroatoms. The normalized spacial score (nSPS) is 9.57. The van der Waals surface area contributed by atoms with E-state index in [-0.39, 0.29) is 57.4 Å². The van der Waals surface area contributed by atoms with Crippen molar-refractivity contribution in [3.8, 4) is 0 Å². The Bertz CT molecular complexity index is 535. The molecule has 0 unspecified atom stereocenters. The second-order valence-electron chi connectivity index (χ2n) is 4.34. The topological polar surface area (TPSA) is 0 Å². The molecule has 0 fully saturated rings. The largest absolute Gasteiger partial charge is 0.0622 e. The van der Waals surface area contributed by atoms with Crippen LogP contribution >= 0.6 is 20.3 Å². The summed E-state index contributed by atoms with van der Waals surface area (Å²) in [6.45, 7) is 0. The number of rotatable bonds is 3. The van der Waals surface area contributed by atoms with Gasteiger partial charge in [-0.2, -0.15) is 0 Å². The molecule has 21 heavy (non-hydrogen) atoms. The molecular weight excluding hydrogens is 509 g/mol. The van der Waals surface area contributed by atoms with Crippen molar-refractivity contribution < 1.29 is 45.0 Å². The van der Waals surface area contributed by atoms with Crippen LogP contribution in [-0.4, -0.2) is 0 Å². The summed E-state index contributed by atoms with van der Waals surface area (Å²) in [6.07, 6.45) is 0. The molecule has 0 saturated heterocycles. The maximum Gasteiger partial charge on any atom is -0.0134 e. The number of halogens is 1. The van der Waals surface area contributed by atoms with Gasteiger partial charge in [0.2, 0.25) is 0 Å². The third-order valence-corrected chi connectivity index (χ3v) is 5.49. The van der Waals surface area contributed by atoms with Gasteiger partial charge in [0.1, 0.15) is 0 Å². The molecule has 0 heterocycles. The Labute approximate surface area is 170 Å². The molecule has 3 rings (SSSR count). The molecule has 0 radical (unpaired) electrons. The Kier molecular flexibility index (Phi) is 8.80. The zero-order chi connectivity index (χ0) is 12.9. The Hall–Kier alpha value is -0.152. The van der Waals surface area contributed by atoms with Crippen molar-refractivity contribution in [3.63, 3.8) is 0 Å². The van der Waals surface area contributed by atoms with Crippen molar-refractivity contribution in [3.05, 3.63) is 91.0 Å². The van der Waals surface area contributed by atoms with Crippen LogP contribution in [0.1, 0.15) is 0 Å². The van der Waals surface area contributed by atoms with Gasteiger partial charge in [-0.3, -0.25) is 0 Å². The standard InChI is InChI=1S/C18H15P.ClH.Ra.2H/c1-4-10-16(11-5-1)19(17-12-6-2-7-13-17)18-14-8-3-9-15-18;;;;/h1-15H;1H;;;. The molecule has 0 aliphatic carbocycles. The van der Waals surface area contributed by atoms with Crippen molar-refractivity contribution in [2.45, 2.75) is 0 Å².